The average Bonchev–Trinajstić information content (AvgIpc) is 3.43. The Hall–Kier alpha value is -3.27. The Labute approximate surface area is 494 Å². The van der Waals surface area contributed by atoms with Gasteiger partial charge in [0.25, 0.3) is 0 Å². The number of ether oxygens (including phenoxy) is 4. The highest BCUT2D eigenvalue weighted by molar-refractivity contribution is 5.70. The molecule has 0 fully saturated rings. The first kappa shape index (κ1) is 76.7. The van der Waals surface area contributed by atoms with Crippen LogP contribution >= 0.6 is 0 Å². The molecule has 0 N–H and O–H groups in total. The van der Waals surface area contributed by atoms with E-state index in [0.717, 1.165) is 77.0 Å². The van der Waals surface area contributed by atoms with Gasteiger partial charge in [-0.2, -0.15) is 0 Å². The van der Waals surface area contributed by atoms with Gasteiger partial charge < -0.3 is 33.3 Å². The van der Waals surface area contributed by atoms with Crippen LogP contribution in [0.3, 0.4) is 0 Å². The molecule has 9 nitrogen and oxygen atoms in total. The maximum Gasteiger partial charge on any atom is 0.306 e. The summed E-state index contributed by atoms with van der Waals surface area (Å²) >= 11 is 0. The molecule has 0 aromatic carbocycles. The molecule has 0 amide bonds. The third-order valence-electron chi connectivity index (χ3n) is 14.7. The fourth-order valence-electron chi connectivity index (χ4n) is 9.60. The van der Waals surface area contributed by atoms with Crippen molar-refractivity contribution in [3.05, 3.63) is 72.9 Å². The van der Waals surface area contributed by atoms with Gasteiger partial charge in [0.2, 0.25) is 0 Å². The maximum atomic E-state index is 12.9. The number of likely N-dealkylation sites (N-methyl/N-ethyl adjacent to an activating group) is 1. The monoisotopic (exact) mass is 1120 g/mol. The third-order valence-corrected chi connectivity index (χ3v) is 14.7. The highest BCUT2D eigenvalue weighted by atomic mass is 16.7. The predicted molar refractivity (Wildman–Crippen MR) is 338 cm³/mol. The summed E-state index contributed by atoms with van der Waals surface area (Å²) in [6.45, 7) is 4.68. The van der Waals surface area contributed by atoms with Crippen LogP contribution in [0.15, 0.2) is 72.9 Å². The molecule has 0 aromatic heterocycles. The van der Waals surface area contributed by atoms with Crippen molar-refractivity contribution in [2.45, 2.75) is 315 Å². The molecule has 0 aliphatic heterocycles. The Morgan fingerprint density at radius 2 is 0.713 bits per heavy atom. The van der Waals surface area contributed by atoms with E-state index in [1.807, 2.05) is 21.1 Å². The van der Waals surface area contributed by atoms with Crippen LogP contribution in [0, 0.1) is 0 Å². The van der Waals surface area contributed by atoms with Gasteiger partial charge in [-0.05, 0) is 64.2 Å². The summed E-state index contributed by atoms with van der Waals surface area (Å²) in [5, 5.41) is 11.8. The van der Waals surface area contributed by atoms with E-state index in [9.17, 15) is 19.5 Å². The number of hydrogen-bond donors (Lipinski definition) is 0. The van der Waals surface area contributed by atoms with Gasteiger partial charge in [-0.1, -0.05) is 299 Å². The molecule has 464 valence electrons. The van der Waals surface area contributed by atoms with E-state index in [-0.39, 0.29) is 32.2 Å². The lowest BCUT2D eigenvalue weighted by Gasteiger charge is -2.26. The van der Waals surface area contributed by atoms with E-state index in [4.69, 9.17) is 18.9 Å². The normalized spacial score (nSPS) is 13.2. The molecular formula is C71H127NO8. The van der Waals surface area contributed by atoms with Crippen molar-refractivity contribution >= 4 is 17.9 Å². The van der Waals surface area contributed by atoms with E-state index >= 15 is 0 Å². The molecule has 0 radical (unpaired) electrons. The lowest BCUT2D eigenvalue weighted by atomic mass is 10.0. The van der Waals surface area contributed by atoms with Crippen molar-refractivity contribution in [3.8, 4) is 0 Å². The number of carboxylic acids is 1. The van der Waals surface area contributed by atoms with Crippen LogP contribution < -0.4 is 5.11 Å². The van der Waals surface area contributed by atoms with Gasteiger partial charge in [-0.15, -0.1) is 0 Å². The number of carbonyl (C=O) groups excluding carboxylic acids is 3. The van der Waals surface area contributed by atoms with Gasteiger partial charge >= 0.3 is 11.9 Å². The number of esters is 2. The van der Waals surface area contributed by atoms with Gasteiger partial charge in [-0.25, -0.2) is 0 Å². The van der Waals surface area contributed by atoms with E-state index in [0.29, 0.717) is 23.9 Å². The summed E-state index contributed by atoms with van der Waals surface area (Å²) in [5.74, 6) is -2.27. The number of aliphatic carboxylic acids is 1. The lowest BCUT2D eigenvalue weighted by Crippen LogP contribution is -2.44. The number of quaternary nitrogens is 1. The predicted octanol–water partition coefficient (Wildman–Crippen LogP) is 19.2. The molecule has 2 atom stereocenters. The molecule has 80 heavy (non-hydrogen) atoms. The minimum Gasteiger partial charge on any atom is -0.545 e. The first-order valence-corrected chi connectivity index (χ1v) is 33.6. The zero-order valence-corrected chi connectivity index (χ0v) is 52.9. The molecule has 0 spiro atoms. The molecular weight excluding hydrogens is 995 g/mol. The average molecular weight is 1120 g/mol. The summed E-state index contributed by atoms with van der Waals surface area (Å²) in [6.07, 6.45) is 78.3. The Kier molecular flexibility index (Phi) is 59.3. The Balaban J connectivity index is 4.14. The molecule has 0 heterocycles. The number of allylic oxidation sites excluding steroid dienone is 12. The van der Waals surface area contributed by atoms with Crippen LogP contribution in [-0.4, -0.2) is 82.3 Å². The first-order valence-electron chi connectivity index (χ1n) is 33.6. The highest BCUT2D eigenvalue weighted by Gasteiger charge is 2.22. The second kappa shape index (κ2) is 61.8. The SMILES string of the molecule is CC/C=C\C/C=C\C/C=C\C/C=C\C/C=C\C/C=C\CCCCCCCCCCCCCCC(=O)OC(COC(=O)CCCCCCCCCCCCCCCCCCCCCCCCCC)COC(OCC[N+](C)(C)C)C(=O)[O-]. The highest BCUT2D eigenvalue weighted by Crippen LogP contribution is 2.18. The second-order valence-corrected chi connectivity index (χ2v) is 23.7. The van der Waals surface area contributed by atoms with Crippen LogP contribution in [0.25, 0.3) is 0 Å². The molecule has 0 saturated carbocycles. The Morgan fingerprint density at radius 3 is 1.06 bits per heavy atom. The smallest absolute Gasteiger partial charge is 0.306 e. The Morgan fingerprint density at radius 1 is 0.388 bits per heavy atom. The number of carboxylic acid groups (broad SMARTS) is 1. The standard InChI is InChI=1S/C71H127NO8/c1-6-8-10-12-14-16-18-20-22-24-26-28-30-32-33-34-35-36-37-38-40-42-44-46-48-50-52-54-56-58-60-62-69(74)80-67(66-79-71(70(75)76)77-64-63-72(3,4)5)65-78-68(73)61-59-57-55-53-51-49-47-45-43-41-39-31-29-27-25-23-21-19-17-15-13-11-9-7-2/h8,10,14,16,20,22,26,28,32-33,35-36,67,71H,6-7,9,11-13,15,17-19,21,23-25,27,29-31,34,37-66H2,1-5H3/b10-8-,16-14-,22-20-,28-26-,33-32-,36-35-. The van der Waals surface area contributed by atoms with Crippen molar-refractivity contribution in [1.82, 2.24) is 0 Å². The summed E-state index contributed by atoms with van der Waals surface area (Å²) < 4.78 is 22.8. The fraction of sp³-hybridized carbons (Fsp3) is 0.789. The minimum atomic E-state index is -1.62. The van der Waals surface area contributed by atoms with Gasteiger partial charge in [0, 0.05) is 12.8 Å². The van der Waals surface area contributed by atoms with E-state index in [1.165, 1.54) is 193 Å². The van der Waals surface area contributed by atoms with Gasteiger partial charge in [0.15, 0.2) is 12.4 Å². The van der Waals surface area contributed by atoms with E-state index in [2.05, 4.69) is 86.8 Å². The zero-order valence-electron chi connectivity index (χ0n) is 52.9. The zero-order chi connectivity index (χ0) is 58.3. The number of hydrogen-bond acceptors (Lipinski definition) is 8. The van der Waals surface area contributed by atoms with E-state index in [1.54, 1.807) is 0 Å². The summed E-state index contributed by atoms with van der Waals surface area (Å²) in [5.41, 5.74) is 0. The largest absolute Gasteiger partial charge is 0.545 e. The quantitative estimate of drug-likeness (QED) is 0.0195. The lowest BCUT2D eigenvalue weighted by molar-refractivity contribution is -0.870. The van der Waals surface area contributed by atoms with Crippen LogP contribution in [0.4, 0.5) is 0 Å². The van der Waals surface area contributed by atoms with Gasteiger partial charge in [-0.3, -0.25) is 9.59 Å². The molecule has 0 saturated heterocycles. The molecule has 0 aromatic rings. The van der Waals surface area contributed by atoms with Gasteiger partial charge in [0.05, 0.1) is 40.3 Å². The van der Waals surface area contributed by atoms with Gasteiger partial charge in [0.1, 0.15) is 13.2 Å². The third kappa shape index (κ3) is 62.3. The molecule has 0 aliphatic carbocycles. The number of carbonyl (C=O) groups is 3. The maximum absolute atomic E-state index is 12.9. The van der Waals surface area contributed by atoms with Crippen LogP contribution in [0.5, 0.6) is 0 Å². The number of unbranched alkanes of at least 4 members (excludes halogenated alkanes) is 35. The topological polar surface area (TPSA) is 111 Å². The number of nitrogens with zero attached hydrogens (tertiary/aromatic N) is 1. The molecule has 0 aliphatic rings. The summed E-state index contributed by atoms with van der Waals surface area (Å²) in [6, 6.07) is 0. The van der Waals surface area contributed by atoms with Crippen molar-refractivity contribution in [2.75, 3.05) is 47.5 Å². The van der Waals surface area contributed by atoms with Crippen molar-refractivity contribution in [2.24, 2.45) is 0 Å². The van der Waals surface area contributed by atoms with Crippen molar-refractivity contribution < 1.29 is 42.9 Å². The van der Waals surface area contributed by atoms with Crippen LogP contribution in [0.1, 0.15) is 303 Å². The molecule has 2 unspecified atom stereocenters. The Bertz CT molecular complexity index is 1540. The molecule has 0 bridgehead atoms. The fourth-order valence-corrected chi connectivity index (χ4v) is 9.60. The second-order valence-electron chi connectivity index (χ2n) is 23.7. The summed E-state index contributed by atoms with van der Waals surface area (Å²) in [7, 11) is 5.93. The van der Waals surface area contributed by atoms with E-state index < -0.39 is 24.3 Å². The molecule has 0 rings (SSSR count). The summed E-state index contributed by atoms with van der Waals surface area (Å²) in [4.78, 5) is 37.4. The number of rotatable bonds is 62. The molecule has 9 heteroatoms. The van der Waals surface area contributed by atoms with Crippen molar-refractivity contribution in [1.29, 1.82) is 0 Å². The first-order chi connectivity index (χ1) is 39.1. The van der Waals surface area contributed by atoms with Crippen LogP contribution in [-0.2, 0) is 33.3 Å². The minimum absolute atomic E-state index is 0.147. The van der Waals surface area contributed by atoms with Crippen LogP contribution in [0.2, 0.25) is 0 Å². The van der Waals surface area contributed by atoms with Crippen molar-refractivity contribution in [3.63, 3.8) is 0 Å².